The van der Waals surface area contributed by atoms with Gasteiger partial charge < -0.3 is 16.0 Å². The molecule has 9 aromatic rings. The number of nitrogens with one attached hydrogen (secondary N) is 2. The van der Waals surface area contributed by atoms with Crippen LogP contribution in [0.15, 0.2) is 188 Å². The SMILES string of the molecule is C1=[N+]=Cc2c1c1ccccc1c1nc(-c3ccccc3)n(-c3cccc(-c4cccc(C5NC(c6ccccc6)[N-]C(c6ccc(-c7ccccc7)cc6)N5)c4)c3)c21. The van der Waals surface area contributed by atoms with Crippen molar-refractivity contribution in [1.82, 2.24) is 24.9 Å². The van der Waals surface area contributed by atoms with Crippen molar-refractivity contribution >= 4 is 34.2 Å². The van der Waals surface area contributed by atoms with Crippen molar-refractivity contribution in [3.05, 3.63) is 221 Å². The molecule has 2 N–H and O–H groups in total. The number of aromatic nitrogens is 2. The Morgan fingerprint density at radius 2 is 1.02 bits per heavy atom. The third-order valence-corrected chi connectivity index (χ3v) is 11.4. The Kier molecular flexibility index (Phi) is 8.46. The summed E-state index contributed by atoms with van der Waals surface area (Å²) in [7, 11) is 0. The molecule has 0 saturated carbocycles. The molecule has 2 aliphatic heterocycles. The second-order valence-corrected chi connectivity index (χ2v) is 14.9. The van der Waals surface area contributed by atoms with E-state index >= 15 is 0 Å². The Hall–Kier alpha value is -7.18. The molecule has 1 saturated heterocycles. The number of hydrogen-bond acceptors (Lipinski definition) is 3. The molecule has 0 amide bonds. The fourth-order valence-corrected chi connectivity index (χ4v) is 8.54. The molecule has 3 heterocycles. The summed E-state index contributed by atoms with van der Waals surface area (Å²) >= 11 is 0. The molecule has 6 heteroatoms. The van der Waals surface area contributed by atoms with E-state index in [-0.39, 0.29) is 18.5 Å². The number of hydrogen-bond donors (Lipinski definition) is 2. The normalized spacial score (nSPS) is 17.2. The van der Waals surface area contributed by atoms with Gasteiger partial charge in [-0.3, -0.25) is 4.57 Å². The molecule has 3 atom stereocenters. The molecule has 0 radical (unpaired) electrons. The first-order chi connectivity index (χ1) is 28.7. The first-order valence-electron chi connectivity index (χ1n) is 19.8. The minimum Gasteiger partial charge on any atom is -0.624 e. The van der Waals surface area contributed by atoms with Crippen molar-refractivity contribution < 1.29 is 0 Å². The first kappa shape index (κ1) is 34.1. The van der Waals surface area contributed by atoms with Crippen LogP contribution in [0, 0.1) is 0 Å². The maximum Gasteiger partial charge on any atom is 0.302 e. The van der Waals surface area contributed by atoms with Crippen molar-refractivity contribution in [3.8, 4) is 39.3 Å². The van der Waals surface area contributed by atoms with Crippen LogP contribution < -0.4 is 15.3 Å². The van der Waals surface area contributed by atoms with Gasteiger partial charge in [0, 0.05) is 16.6 Å². The molecule has 1 fully saturated rings. The molecule has 8 aromatic carbocycles. The van der Waals surface area contributed by atoms with Gasteiger partial charge in [0.25, 0.3) is 0 Å². The van der Waals surface area contributed by atoms with E-state index in [1.807, 2.05) is 12.4 Å². The molecule has 11 rings (SSSR count). The maximum absolute atomic E-state index is 5.39. The van der Waals surface area contributed by atoms with Crippen LogP contribution in [0.25, 0.3) is 66.5 Å². The Morgan fingerprint density at radius 3 is 1.76 bits per heavy atom. The van der Waals surface area contributed by atoms with Crippen LogP contribution in [-0.4, -0.2) is 22.0 Å². The van der Waals surface area contributed by atoms with Gasteiger partial charge in [0.15, 0.2) is 0 Å². The second kappa shape index (κ2) is 14.4. The van der Waals surface area contributed by atoms with Crippen molar-refractivity contribution in [2.24, 2.45) is 0 Å². The number of benzene rings is 8. The highest BCUT2D eigenvalue weighted by atomic mass is 15.4. The summed E-state index contributed by atoms with van der Waals surface area (Å²) in [5.74, 6) is 0.898. The zero-order chi connectivity index (χ0) is 38.4. The summed E-state index contributed by atoms with van der Waals surface area (Å²) in [4.78, 5) is 5.39. The summed E-state index contributed by atoms with van der Waals surface area (Å²) in [6.45, 7) is 0. The molecule has 6 nitrogen and oxygen atoms in total. The summed E-state index contributed by atoms with van der Waals surface area (Å²) in [6, 6.07) is 66.4. The molecule has 1 aromatic heterocycles. The lowest BCUT2D eigenvalue weighted by molar-refractivity contribution is 0.316. The molecular formula is C52H38N6. The topological polar surface area (TPSA) is 70.1 Å². The first-order valence-corrected chi connectivity index (χ1v) is 19.8. The zero-order valence-electron chi connectivity index (χ0n) is 31.6. The summed E-state index contributed by atoms with van der Waals surface area (Å²) < 4.78 is 6.96. The zero-order valence-corrected chi connectivity index (χ0v) is 31.6. The van der Waals surface area contributed by atoms with E-state index in [1.165, 1.54) is 11.1 Å². The van der Waals surface area contributed by atoms with Gasteiger partial charge in [-0.05, 0) is 51.4 Å². The van der Waals surface area contributed by atoms with Crippen molar-refractivity contribution in [2.45, 2.75) is 18.5 Å². The highest BCUT2D eigenvalue weighted by Crippen LogP contribution is 2.40. The maximum atomic E-state index is 5.39. The van der Waals surface area contributed by atoms with Gasteiger partial charge in [-0.15, -0.1) is 0 Å². The van der Waals surface area contributed by atoms with Gasteiger partial charge in [-0.1, -0.05) is 198 Å². The average molecular weight is 747 g/mol. The number of fused-ring (bicyclic) bond motifs is 6. The van der Waals surface area contributed by atoms with Crippen molar-refractivity contribution in [2.75, 3.05) is 0 Å². The molecule has 0 aliphatic carbocycles. The van der Waals surface area contributed by atoms with Gasteiger partial charge >= 0.3 is 12.4 Å². The standard InChI is InChI=1S/C52H38N6/c1-4-14-34(15-5-1)35-26-28-37(29-27-35)50-55-49(36-16-6-2-7-17-36)56-51(57-50)41-22-12-20-39(30-41)40-21-13-23-42(31-40)58-48-46-33-53-32-45(46)43-24-10-11-25-44(43)47(48)54-52(58)38-18-8-3-9-19-38/h1-33,49-51,56-57H. The van der Waals surface area contributed by atoms with Crippen LogP contribution in [0.3, 0.4) is 0 Å². The molecule has 0 bridgehead atoms. The minimum atomic E-state index is -0.210. The number of rotatable bonds is 7. The number of nitrogens with zero attached hydrogens (tertiary/aromatic N) is 4. The fraction of sp³-hybridized carbons (Fsp3) is 0.0577. The minimum absolute atomic E-state index is 0.154. The Labute approximate surface area is 336 Å². The van der Waals surface area contributed by atoms with Crippen LogP contribution in [0.2, 0.25) is 0 Å². The fourth-order valence-electron chi connectivity index (χ4n) is 8.54. The van der Waals surface area contributed by atoms with Crippen LogP contribution in [-0.2, 0) is 0 Å². The van der Waals surface area contributed by atoms with E-state index in [4.69, 9.17) is 10.3 Å². The van der Waals surface area contributed by atoms with Gasteiger partial charge in [0.1, 0.15) is 5.82 Å². The monoisotopic (exact) mass is 746 g/mol. The van der Waals surface area contributed by atoms with E-state index in [0.717, 1.165) is 77.8 Å². The Bertz CT molecular complexity index is 3020. The predicted octanol–water partition coefficient (Wildman–Crippen LogP) is 11.1. The third kappa shape index (κ3) is 6.05. The van der Waals surface area contributed by atoms with E-state index in [2.05, 4.69) is 208 Å². The quantitative estimate of drug-likeness (QED) is 0.160. The van der Waals surface area contributed by atoms with E-state index in [0.29, 0.717) is 0 Å². The molecule has 276 valence electrons. The van der Waals surface area contributed by atoms with E-state index in [1.54, 1.807) is 0 Å². The van der Waals surface area contributed by atoms with Gasteiger partial charge in [-0.25, -0.2) is 4.98 Å². The Morgan fingerprint density at radius 1 is 0.466 bits per heavy atom. The summed E-state index contributed by atoms with van der Waals surface area (Å²) in [5, 5.41) is 15.2. The Balaban J connectivity index is 0.984. The highest BCUT2D eigenvalue weighted by Gasteiger charge is 2.27. The van der Waals surface area contributed by atoms with Crippen molar-refractivity contribution in [1.29, 1.82) is 0 Å². The molecule has 2 aliphatic rings. The van der Waals surface area contributed by atoms with Crippen LogP contribution in [0.4, 0.5) is 0 Å². The van der Waals surface area contributed by atoms with E-state index < -0.39 is 0 Å². The van der Waals surface area contributed by atoms with Gasteiger partial charge in [0.2, 0.25) is 0 Å². The highest BCUT2D eigenvalue weighted by molar-refractivity contribution is 6.22. The van der Waals surface area contributed by atoms with Crippen molar-refractivity contribution in [3.63, 3.8) is 0 Å². The lowest BCUT2D eigenvalue weighted by atomic mass is 9.98. The largest absolute Gasteiger partial charge is 0.624 e. The summed E-state index contributed by atoms with van der Waals surface area (Å²) in [5.41, 5.74) is 14.4. The average Bonchev–Trinajstić information content (AvgIpc) is 3.97. The lowest BCUT2D eigenvalue weighted by Gasteiger charge is -2.50. The van der Waals surface area contributed by atoms with Gasteiger partial charge in [0.05, 0.1) is 28.3 Å². The number of imidazole rings is 1. The second-order valence-electron chi connectivity index (χ2n) is 14.9. The molecule has 3 unspecified atom stereocenters. The molecular weight excluding hydrogens is 709 g/mol. The van der Waals surface area contributed by atoms with Gasteiger partial charge in [-0.2, -0.15) is 0 Å². The predicted molar refractivity (Wildman–Crippen MR) is 238 cm³/mol. The summed E-state index contributed by atoms with van der Waals surface area (Å²) in [6.07, 6.45) is 3.40. The third-order valence-electron chi connectivity index (χ3n) is 11.4. The van der Waals surface area contributed by atoms with E-state index in [9.17, 15) is 0 Å². The molecule has 0 spiro atoms. The van der Waals surface area contributed by atoms with Crippen LogP contribution >= 0.6 is 0 Å². The molecule has 58 heavy (non-hydrogen) atoms. The smallest absolute Gasteiger partial charge is 0.302 e. The lowest BCUT2D eigenvalue weighted by Crippen LogP contribution is -2.44. The van der Waals surface area contributed by atoms with Crippen LogP contribution in [0.1, 0.15) is 46.3 Å². The van der Waals surface area contributed by atoms with Crippen LogP contribution in [0.5, 0.6) is 0 Å².